The van der Waals surface area contributed by atoms with E-state index in [-0.39, 0.29) is 50.9 Å². The van der Waals surface area contributed by atoms with Crippen LogP contribution in [0.15, 0.2) is 48.9 Å². The van der Waals surface area contributed by atoms with Crippen LogP contribution in [0.1, 0.15) is 44.0 Å². The minimum absolute atomic E-state index is 0.125. The Kier molecular flexibility index (Phi) is 7.59. The van der Waals surface area contributed by atoms with Gasteiger partial charge in [-0.3, -0.25) is 14.1 Å². The molecule has 13 heteroatoms. The normalized spacial score (nSPS) is 20.0. The van der Waals surface area contributed by atoms with Crippen LogP contribution in [0.25, 0.3) is 0 Å². The highest BCUT2D eigenvalue weighted by molar-refractivity contribution is 7.83. The first kappa shape index (κ1) is 25.4. The van der Waals surface area contributed by atoms with Gasteiger partial charge in [-0.15, -0.1) is 11.3 Å². The summed E-state index contributed by atoms with van der Waals surface area (Å²) in [6.45, 7) is -0.125. The quantitative estimate of drug-likeness (QED) is 0.238. The summed E-state index contributed by atoms with van der Waals surface area (Å²) in [4.78, 5) is 34.4. The molecule has 0 saturated heterocycles. The molecule has 0 spiro atoms. The third-order valence-electron chi connectivity index (χ3n) is 5.67. The van der Waals surface area contributed by atoms with Crippen molar-refractivity contribution in [1.29, 1.82) is 0 Å². The number of thiophene rings is 1. The number of ketones is 2. The molecule has 2 heterocycles. The van der Waals surface area contributed by atoms with E-state index in [0.717, 1.165) is 11.3 Å². The zero-order valence-corrected chi connectivity index (χ0v) is 20.5. The van der Waals surface area contributed by atoms with Gasteiger partial charge in [-0.05, 0) is 18.9 Å². The van der Waals surface area contributed by atoms with Gasteiger partial charge in [0, 0.05) is 30.3 Å². The maximum absolute atomic E-state index is 13.3. The van der Waals surface area contributed by atoms with Crippen molar-refractivity contribution in [2.24, 2.45) is 5.92 Å². The average Bonchev–Trinajstić information content (AvgIpc) is 3.39. The van der Waals surface area contributed by atoms with E-state index in [1.807, 2.05) is 4.72 Å². The predicted molar refractivity (Wildman–Crippen MR) is 130 cm³/mol. The van der Waals surface area contributed by atoms with Crippen molar-refractivity contribution in [3.05, 3.63) is 74.8 Å². The number of benzene rings is 1. The minimum Gasteiger partial charge on any atom is -0.393 e. The number of aliphatic hydroxyl groups is 1. The van der Waals surface area contributed by atoms with Crippen LogP contribution in [-0.2, 0) is 10.3 Å². The lowest BCUT2D eigenvalue weighted by Gasteiger charge is -2.15. The van der Waals surface area contributed by atoms with Crippen LogP contribution in [-0.4, -0.2) is 58.3 Å². The summed E-state index contributed by atoms with van der Waals surface area (Å²) in [5, 5.41) is 13.4. The van der Waals surface area contributed by atoms with Crippen LogP contribution < -0.4 is 10.0 Å². The van der Waals surface area contributed by atoms with E-state index < -0.39 is 28.1 Å². The van der Waals surface area contributed by atoms with Gasteiger partial charge >= 0.3 is 10.3 Å². The molecule has 4 N–H and O–H groups in total. The highest BCUT2D eigenvalue weighted by Gasteiger charge is 2.34. The maximum atomic E-state index is 13.3. The topological polar surface area (TPSA) is 159 Å². The molecule has 2 aromatic heterocycles. The second-order valence-electron chi connectivity index (χ2n) is 8.07. The van der Waals surface area contributed by atoms with Gasteiger partial charge in [0.1, 0.15) is 16.5 Å². The Bertz CT molecular complexity index is 1350. The first-order chi connectivity index (χ1) is 16.6. The molecule has 0 aliphatic heterocycles. The van der Waals surface area contributed by atoms with Crippen molar-refractivity contribution in [1.82, 2.24) is 14.7 Å². The molecule has 4 rings (SSSR count). The zero-order chi connectivity index (χ0) is 25.2. The zero-order valence-electron chi connectivity index (χ0n) is 18.1. The van der Waals surface area contributed by atoms with Gasteiger partial charge in [0.05, 0.1) is 22.1 Å². The van der Waals surface area contributed by atoms with E-state index in [9.17, 15) is 23.1 Å². The van der Waals surface area contributed by atoms with E-state index in [2.05, 4.69) is 15.3 Å². The Labute approximate surface area is 210 Å². The second-order valence-corrected chi connectivity index (χ2v) is 11.0. The number of aromatic nitrogens is 2. The van der Waals surface area contributed by atoms with Crippen LogP contribution in [0.4, 0.5) is 5.82 Å². The Morgan fingerprint density at radius 2 is 1.89 bits per heavy atom. The van der Waals surface area contributed by atoms with Gasteiger partial charge in [0.15, 0.2) is 5.78 Å². The van der Waals surface area contributed by atoms with Gasteiger partial charge in [-0.25, -0.2) is 9.97 Å². The minimum atomic E-state index is -4.37. The van der Waals surface area contributed by atoms with E-state index in [4.69, 9.17) is 16.2 Å². The third kappa shape index (κ3) is 6.10. The number of nitrogens with one attached hydrogen (secondary N) is 2. The van der Waals surface area contributed by atoms with Gasteiger partial charge in [-0.2, -0.15) is 13.1 Å². The fourth-order valence-electron chi connectivity index (χ4n) is 3.97. The Morgan fingerprint density at radius 1 is 1.14 bits per heavy atom. The summed E-state index contributed by atoms with van der Waals surface area (Å²) in [6.07, 6.45) is 2.48. The fraction of sp³-hybridized carbons (Fsp3) is 0.273. The van der Waals surface area contributed by atoms with Crippen LogP contribution in [0.5, 0.6) is 0 Å². The van der Waals surface area contributed by atoms with Crippen molar-refractivity contribution >= 4 is 50.6 Å². The number of carbonyl (C=O) groups excluding carboxylic acids is 2. The number of carbonyl (C=O) groups is 2. The Balaban J connectivity index is 1.51. The van der Waals surface area contributed by atoms with Crippen molar-refractivity contribution in [2.75, 3.05) is 11.9 Å². The number of hydrogen-bond donors (Lipinski definition) is 4. The summed E-state index contributed by atoms with van der Waals surface area (Å²) in [5.41, 5.74) is 0.846. The van der Waals surface area contributed by atoms with E-state index in [1.165, 1.54) is 18.6 Å². The molecule has 35 heavy (non-hydrogen) atoms. The maximum Gasteiger partial charge on any atom is 0.333 e. The number of rotatable bonds is 9. The molecule has 1 aliphatic rings. The number of nitrogens with zero attached hydrogens (tertiary/aromatic N) is 2. The second kappa shape index (κ2) is 10.5. The van der Waals surface area contributed by atoms with Gasteiger partial charge in [0.2, 0.25) is 5.78 Å². The van der Waals surface area contributed by atoms with Gasteiger partial charge in [0.25, 0.3) is 0 Å². The SMILES string of the molecule is O=C(c1cc(C(=O)c2ccccc2)c(Cl)s1)c1cncnc1N[C@@H]1C[C@H](CNS(=O)(=O)O)[C@@H](O)C1. The van der Waals surface area contributed by atoms with Crippen molar-refractivity contribution < 1.29 is 27.7 Å². The van der Waals surface area contributed by atoms with E-state index in [1.54, 1.807) is 30.3 Å². The number of hydrogen-bond acceptors (Lipinski definition) is 9. The molecule has 184 valence electrons. The lowest BCUT2D eigenvalue weighted by Crippen LogP contribution is -2.32. The van der Waals surface area contributed by atoms with Crippen LogP contribution in [0, 0.1) is 5.92 Å². The smallest absolute Gasteiger partial charge is 0.333 e. The van der Waals surface area contributed by atoms with Gasteiger partial charge in [-0.1, -0.05) is 41.9 Å². The molecule has 0 radical (unpaired) electrons. The van der Waals surface area contributed by atoms with E-state index in [0.29, 0.717) is 12.0 Å². The highest BCUT2D eigenvalue weighted by atomic mass is 35.5. The first-order valence-corrected chi connectivity index (χ1v) is 13.2. The molecule has 1 fully saturated rings. The van der Waals surface area contributed by atoms with Crippen molar-refractivity contribution in [3.63, 3.8) is 0 Å². The summed E-state index contributed by atoms with van der Waals surface area (Å²) in [7, 11) is -4.37. The predicted octanol–water partition coefficient (Wildman–Crippen LogP) is 2.60. The standard InChI is InChI=1S/C22H21ClN4O6S2/c23-21-15(19(29)12-4-2-1-3-5-12)8-18(34-21)20(30)16-10-24-11-25-22(16)27-14-6-13(17(28)7-14)9-26-35(31,32)33/h1-5,8,10-11,13-14,17,26,28H,6-7,9H2,(H,24,25,27)(H,31,32,33)/t13-,14-,17+/m1/s1. The number of anilines is 1. The third-order valence-corrected chi connectivity index (χ3v) is 7.56. The molecule has 1 aliphatic carbocycles. The molecular formula is C22H21ClN4O6S2. The summed E-state index contributed by atoms with van der Waals surface area (Å²) >= 11 is 7.28. The van der Waals surface area contributed by atoms with Crippen LogP contribution in [0.2, 0.25) is 4.34 Å². The summed E-state index contributed by atoms with van der Waals surface area (Å²) in [5.74, 6) is -0.905. The van der Waals surface area contributed by atoms with Gasteiger partial charge < -0.3 is 10.4 Å². The largest absolute Gasteiger partial charge is 0.393 e. The summed E-state index contributed by atoms with van der Waals surface area (Å²) in [6, 6.07) is 9.75. The number of aliphatic hydroxyl groups excluding tert-OH is 1. The molecule has 0 unspecified atom stereocenters. The monoisotopic (exact) mass is 536 g/mol. The average molecular weight is 537 g/mol. The highest BCUT2D eigenvalue weighted by Crippen LogP contribution is 2.33. The first-order valence-electron chi connectivity index (χ1n) is 10.5. The molecule has 0 amide bonds. The molecular weight excluding hydrogens is 516 g/mol. The van der Waals surface area contributed by atoms with E-state index >= 15 is 0 Å². The Morgan fingerprint density at radius 3 is 2.60 bits per heavy atom. The molecule has 3 atom stereocenters. The molecule has 1 saturated carbocycles. The lowest BCUT2D eigenvalue weighted by atomic mass is 10.0. The fourth-order valence-corrected chi connectivity index (χ4v) is 5.62. The van der Waals surface area contributed by atoms with Crippen LogP contribution >= 0.6 is 22.9 Å². The lowest BCUT2D eigenvalue weighted by molar-refractivity contribution is 0.103. The molecule has 0 bridgehead atoms. The Hall–Kier alpha value is -2.74. The molecule has 1 aromatic carbocycles. The molecule has 3 aromatic rings. The number of halogens is 1. The summed E-state index contributed by atoms with van der Waals surface area (Å²) < 4.78 is 32.9. The molecule has 10 nitrogen and oxygen atoms in total. The van der Waals surface area contributed by atoms with Crippen molar-refractivity contribution in [3.8, 4) is 0 Å². The van der Waals surface area contributed by atoms with Crippen molar-refractivity contribution in [2.45, 2.75) is 25.0 Å². The van der Waals surface area contributed by atoms with Crippen LogP contribution in [0.3, 0.4) is 0 Å².